The molecule has 0 bridgehead atoms. The molecule has 1 aliphatic rings. The summed E-state index contributed by atoms with van der Waals surface area (Å²) in [5.41, 5.74) is 3.25. The zero-order valence-electron chi connectivity index (χ0n) is 14.1. The van der Waals surface area contributed by atoms with Crippen molar-refractivity contribution < 1.29 is 8.42 Å². The zero-order valence-corrected chi connectivity index (χ0v) is 15.0. The number of likely N-dealkylation sites (tertiary alicyclic amines) is 1. The molecule has 2 aromatic carbocycles. The largest absolute Gasteiger partial charge is 0.342 e. The van der Waals surface area contributed by atoms with Crippen molar-refractivity contribution in [1.82, 2.24) is 14.9 Å². The summed E-state index contributed by atoms with van der Waals surface area (Å²) in [4.78, 5) is 10.9. The molecule has 1 saturated heterocycles. The lowest BCUT2D eigenvalue weighted by molar-refractivity contribution is 0.326. The van der Waals surface area contributed by atoms with Crippen molar-refractivity contribution in [2.45, 2.75) is 23.8 Å². The number of para-hydroxylation sites is 2. The van der Waals surface area contributed by atoms with Gasteiger partial charge in [0.1, 0.15) is 5.82 Å². The third-order valence-corrected chi connectivity index (χ3v) is 5.95. The molecule has 0 spiro atoms. The number of nitrogens with one attached hydrogen (secondary N) is 1. The fourth-order valence-electron chi connectivity index (χ4n) is 3.47. The van der Waals surface area contributed by atoms with Crippen molar-refractivity contribution in [2.24, 2.45) is 0 Å². The third kappa shape index (κ3) is 3.45. The summed E-state index contributed by atoms with van der Waals surface area (Å²) in [6, 6.07) is 15.3. The van der Waals surface area contributed by atoms with Gasteiger partial charge in [-0.15, -0.1) is 0 Å². The molecule has 3 aromatic rings. The van der Waals surface area contributed by atoms with Crippen LogP contribution < -0.4 is 0 Å². The second kappa shape index (κ2) is 6.28. The lowest BCUT2D eigenvalue weighted by Crippen LogP contribution is -2.20. The molecule has 1 aliphatic heterocycles. The van der Waals surface area contributed by atoms with Gasteiger partial charge in [-0.25, -0.2) is 13.4 Å². The molecular formula is C19H21N3O2S. The Morgan fingerprint density at radius 3 is 2.64 bits per heavy atom. The molecule has 1 fully saturated rings. The number of imidazole rings is 1. The Hall–Kier alpha value is -2.18. The van der Waals surface area contributed by atoms with Crippen LogP contribution >= 0.6 is 0 Å². The second-order valence-electron chi connectivity index (χ2n) is 6.78. The highest BCUT2D eigenvalue weighted by molar-refractivity contribution is 7.90. The average Bonchev–Trinajstić information content (AvgIpc) is 3.20. The van der Waals surface area contributed by atoms with E-state index < -0.39 is 9.84 Å². The van der Waals surface area contributed by atoms with E-state index in [0.29, 0.717) is 10.8 Å². The van der Waals surface area contributed by atoms with Crippen LogP contribution in [0.3, 0.4) is 0 Å². The highest BCUT2D eigenvalue weighted by Crippen LogP contribution is 2.28. The Balaban J connectivity index is 1.44. The van der Waals surface area contributed by atoms with E-state index in [4.69, 9.17) is 4.98 Å². The zero-order chi connectivity index (χ0) is 17.4. The maximum atomic E-state index is 11.5. The standard InChI is InChI=1S/C19H21N3O2S/c1-25(23,24)16-8-6-14(7-9-16)12-22-11-10-15(13-22)19-20-17-4-2-3-5-18(17)21-19/h2-9,15H,10-13H2,1H3,(H,20,21)/t15-/m0/s1. The van der Waals surface area contributed by atoms with E-state index in [0.717, 1.165) is 48.5 Å². The van der Waals surface area contributed by atoms with Crippen LogP contribution in [0.5, 0.6) is 0 Å². The molecule has 4 rings (SSSR count). The number of sulfone groups is 1. The van der Waals surface area contributed by atoms with Crippen LogP contribution in [0.1, 0.15) is 23.7 Å². The minimum Gasteiger partial charge on any atom is -0.342 e. The molecule has 0 aliphatic carbocycles. The van der Waals surface area contributed by atoms with Crippen LogP contribution in [-0.2, 0) is 16.4 Å². The van der Waals surface area contributed by atoms with Crippen LogP contribution in [0.4, 0.5) is 0 Å². The molecule has 2 heterocycles. The predicted octanol–water partition coefficient (Wildman–Crippen LogP) is 2.96. The monoisotopic (exact) mass is 355 g/mol. The topological polar surface area (TPSA) is 66.1 Å². The summed E-state index contributed by atoms with van der Waals surface area (Å²) in [7, 11) is -3.13. The summed E-state index contributed by atoms with van der Waals surface area (Å²) in [5, 5.41) is 0. The molecular weight excluding hydrogens is 334 g/mol. The molecule has 0 radical (unpaired) electrons. The summed E-state index contributed by atoms with van der Waals surface area (Å²) < 4.78 is 23.1. The fourth-order valence-corrected chi connectivity index (χ4v) is 4.10. The van der Waals surface area contributed by atoms with Crippen molar-refractivity contribution in [2.75, 3.05) is 19.3 Å². The van der Waals surface area contributed by atoms with Crippen molar-refractivity contribution in [3.63, 3.8) is 0 Å². The number of H-pyrrole nitrogens is 1. The van der Waals surface area contributed by atoms with Crippen LogP contribution in [0.15, 0.2) is 53.4 Å². The molecule has 1 atom stereocenters. The summed E-state index contributed by atoms with van der Waals surface area (Å²) in [5.74, 6) is 1.49. The Morgan fingerprint density at radius 1 is 1.16 bits per heavy atom. The van der Waals surface area contributed by atoms with Crippen molar-refractivity contribution in [3.8, 4) is 0 Å². The van der Waals surface area contributed by atoms with E-state index in [1.807, 2.05) is 30.3 Å². The predicted molar refractivity (Wildman–Crippen MR) is 98.3 cm³/mol. The van der Waals surface area contributed by atoms with E-state index in [1.54, 1.807) is 12.1 Å². The SMILES string of the molecule is CS(=O)(=O)c1ccc(CN2CC[C@H](c3nc4ccccc4[nH]3)C2)cc1. The lowest BCUT2D eigenvalue weighted by Gasteiger charge is -2.15. The van der Waals surface area contributed by atoms with Gasteiger partial charge < -0.3 is 4.98 Å². The number of fused-ring (bicyclic) bond motifs is 1. The minimum atomic E-state index is -3.13. The van der Waals surface area contributed by atoms with Crippen molar-refractivity contribution in [3.05, 3.63) is 59.9 Å². The highest BCUT2D eigenvalue weighted by Gasteiger charge is 2.26. The Bertz CT molecular complexity index is 960. The molecule has 0 unspecified atom stereocenters. The number of rotatable bonds is 4. The van der Waals surface area contributed by atoms with E-state index in [2.05, 4.69) is 16.0 Å². The summed E-state index contributed by atoms with van der Waals surface area (Å²) in [6.45, 7) is 2.82. The van der Waals surface area contributed by atoms with Crippen LogP contribution in [0.2, 0.25) is 0 Å². The van der Waals surface area contributed by atoms with E-state index >= 15 is 0 Å². The third-order valence-electron chi connectivity index (χ3n) is 4.82. The minimum absolute atomic E-state index is 0.373. The quantitative estimate of drug-likeness (QED) is 0.781. The van der Waals surface area contributed by atoms with Gasteiger partial charge in [-0.05, 0) is 42.8 Å². The van der Waals surface area contributed by atoms with Gasteiger partial charge in [0.15, 0.2) is 9.84 Å². The van der Waals surface area contributed by atoms with Crippen LogP contribution in [-0.4, -0.2) is 42.6 Å². The smallest absolute Gasteiger partial charge is 0.175 e. The van der Waals surface area contributed by atoms with Gasteiger partial charge in [0.2, 0.25) is 0 Å². The van der Waals surface area contributed by atoms with E-state index in [1.165, 1.54) is 6.26 Å². The van der Waals surface area contributed by atoms with Crippen LogP contribution in [0.25, 0.3) is 11.0 Å². The molecule has 1 N–H and O–H groups in total. The molecule has 25 heavy (non-hydrogen) atoms. The number of hydrogen-bond acceptors (Lipinski definition) is 4. The molecule has 0 saturated carbocycles. The normalized spacial score (nSPS) is 18.8. The van der Waals surface area contributed by atoms with Crippen molar-refractivity contribution in [1.29, 1.82) is 0 Å². The number of hydrogen-bond donors (Lipinski definition) is 1. The van der Waals surface area contributed by atoms with Gasteiger partial charge in [-0.1, -0.05) is 24.3 Å². The Labute approximate surface area is 147 Å². The number of nitrogens with zero attached hydrogens (tertiary/aromatic N) is 2. The molecule has 130 valence electrons. The number of aromatic amines is 1. The van der Waals surface area contributed by atoms with Crippen LogP contribution in [0, 0.1) is 0 Å². The Morgan fingerprint density at radius 2 is 1.92 bits per heavy atom. The number of benzene rings is 2. The first-order chi connectivity index (χ1) is 12.0. The van der Waals surface area contributed by atoms with E-state index in [9.17, 15) is 8.42 Å². The first-order valence-corrected chi connectivity index (χ1v) is 10.3. The average molecular weight is 355 g/mol. The molecule has 0 amide bonds. The first kappa shape index (κ1) is 16.3. The molecule has 1 aromatic heterocycles. The highest BCUT2D eigenvalue weighted by atomic mass is 32.2. The maximum Gasteiger partial charge on any atom is 0.175 e. The van der Waals surface area contributed by atoms with Gasteiger partial charge in [0.25, 0.3) is 0 Å². The fraction of sp³-hybridized carbons (Fsp3) is 0.316. The first-order valence-electron chi connectivity index (χ1n) is 8.45. The summed E-state index contributed by atoms with van der Waals surface area (Å²) >= 11 is 0. The van der Waals surface area contributed by atoms with Gasteiger partial charge in [-0.2, -0.15) is 0 Å². The maximum absolute atomic E-state index is 11.5. The van der Waals surface area contributed by atoms with Gasteiger partial charge in [0.05, 0.1) is 15.9 Å². The van der Waals surface area contributed by atoms with Crippen molar-refractivity contribution >= 4 is 20.9 Å². The van der Waals surface area contributed by atoms with Gasteiger partial charge in [-0.3, -0.25) is 4.90 Å². The van der Waals surface area contributed by atoms with E-state index in [-0.39, 0.29) is 0 Å². The van der Waals surface area contributed by atoms with Gasteiger partial charge in [0, 0.05) is 25.3 Å². The molecule has 6 heteroatoms. The lowest BCUT2D eigenvalue weighted by atomic mass is 10.1. The second-order valence-corrected chi connectivity index (χ2v) is 8.79. The van der Waals surface area contributed by atoms with Gasteiger partial charge >= 0.3 is 0 Å². The number of aromatic nitrogens is 2. The summed E-state index contributed by atoms with van der Waals surface area (Å²) in [6.07, 6.45) is 2.32. The molecule has 5 nitrogen and oxygen atoms in total. The Kier molecular flexibility index (Phi) is 4.09.